The van der Waals surface area contributed by atoms with Gasteiger partial charge in [-0.3, -0.25) is 0 Å². The van der Waals surface area contributed by atoms with Crippen molar-refractivity contribution in [3.8, 4) is 5.75 Å². The molecule has 0 aromatic heterocycles. The second kappa shape index (κ2) is 7.23. The number of para-hydroxylation sites is 1. The van der Waals surface area contributed by atoms with Crippen molar-refractivity contribution in [1.29, 1.82) is 0 Å². The van der Waals surface area contributed by atoms with Gasteiger partial charge in [0.2, 0.25) is 0 Å². The van der Waals surface area contributed by atoms with Crippen molar-refractivity contribution in [2.24, 2.45) is 5.73 Å². The van der Waals surface area contributed by atoms with Crippen molar-refractivity contribution >= 4 is 0 Å². The van der Waals surface area contributed by atoms with Crippen molar-refractivity contribution in [2.75, 3.05) is 0 Å². The number of nitrogens with two attached hydrogens (primary N) is 1. The molecule has 3 heteroatoms. The first-order valence-electron chi connectivity index (χ1n) is 7.46. The molecule has 0 radical (unpaired) electrons. The third kappa shape index (κ3) is 3.82. The summed E-state index contributed by atoms with van der Waals surface area (Å²) in [5, 5.41) is 0. The van der Waals surface area contributed by atoms with Crippen LogP contribution < -0.4 is 10.5 Å². The molecule has 1 aliphatic carbocycles. The Morgan fingerprint density at radius 1 is 1.14 bits per heavy atom. The quantitative estimate of drug-likeness (QED) is 0.923. The monoisotopic (exact) mass is 289 g/mol. The first-order valence-corrected chi connectivity index (χ1v) is 7.46. The average molecular weight is 289 g/mol. The molecule has 1 atom stereocenters. The van der Waals surface area contributed by atoms with E-state index in [1.165, 1.54) is 17.2 Å². The molecule has 3 rings (SSSR count). The highest BCUT2D eigenvalue weighted by molar-refractivity contribution is 5.37. The van der Waals surface area contributed by atoms with Gasteiger partial charge in [-0.25, -0.2) is 4.39 Å². The van der Waals surface area contributed by atoms with Gasteiger partial charge in [-0.05, 0) is 41.7 Å². The molecule has 2 nitrogen and oxygen atoms in total. The Morgan fingerprint density at radius 2 is 1.86 bits per heavy atom. The second-order valence-electron chi connectivity index (χ2n) is 4.99. The summed E-state index contributed by atoms with van der Waals surface area (Å²) < 4.78 is 18.9. The van der Waals surface area contributed by atoms with E-state index in [9.17, 15) is 4.39 Å². The van der Waals surface area contributed by atoms with Crippen LogP contribution in [0.25, 0.3) is 0 Å². The van der Waals surface area contributed by atoms with Gasteiger partial charge in [-0.15, -0.1) is 0 Å². The zero-order chi connectivity index (χ0) is 15.2. The Morgan fingerprint density at radius 3 is 2.62 bits per heavy atom. The lowest BCUT2D eigenvalue weighted by Crippen LogP contribution is -2.18. The van der Waals surface area contributed by atoms with Gasteiger partial charge in [0.15, 0.2) is 11.6 Å². The summed E-state index contributed by atoms with van der Waals surface area (Å²) in [5.74, 6) is -0.0367. The molecular weight excluding hydrogens is 265 g/mol. The fourth-order valence-corrected chi connectivity index (χ4v) is 2.52. The van der Waals surface area contributed by atoms with Crippen LogP contribution in [0.4, 0.5) is 4.39 Å². The maximum absolute atomic E-state index is 13.4. The average Bonchev–Trinajstić information content (AvgIpc) is 2.88. The molecule has 0 saturated heterocycles. The van der Waals surface area contributed by atoms with Crippen LogP contribution in [0.15, 0.2) is 42.5 Å². The predicted molar refractivity (Wildman–Crippen MR) is 86.0 cm³/mol. The van der Waals surface area contributed by atoms with Crippen LogP contribution >= 0.6 is 0 Å². The van der Waals surface area contributed by atoms with E-state index >= 15 is 0 Å². The van der Waals surface area contributed by atoms with Crippen molar-refractivity contribution in [2.45, 2.75) is 39.3 Å². The van der Waals surface area contributed by atoms with Crippen molar-refractivity contribution in [3.63, 3.8) is 0 Å². The minimum Gasteiger partial charge on any atom is -0.486 e. The number of hydrogen-bond donors (Lipinski definition) is 1. The minimum absolute atomic E-state index is 0. The highest BCUT2D eigenvalue weighted by Crippen LogP contribution is 2.23. The topological polar surface area (TPSA) is 35.2 Å². The fraction of sp³-hybridized carbons (Fsp3) is 0.333. The zero-order valence-corrected chi connectivity index (χ0v) is 12.6. The highest BCUT2D eigenvalue weighted by atomic mass is 19.1. The number of benzene rings is 2. The van der Waals surface area contributed by atoms with Gasteiger partial charge in [0.25, 0.3) is 0 Å². The largest absolute Gasteiger partial charge is 0.486 e. The van der Waals surface area contributed by atoms with Crippen LogP contribution in [0.2, 0.25) is 0 Å². The minimum atomic E-state index is -0.328. The van der Waals surface area contributed by atoms with Gasteiger partial charge in [-0.2, -0.15) is 0 Å². The molecule has 0 unspecified atom stereocenters. The van der Waals surface area contributed by atoms with E-state index in [0.717, 1.165) is 18.4 Å². The lowest BCUT2D eigenvalue weighted by Gasteiger charge is -2.08. The standard InChI is InChI=1S/C16H16FNO.C2H6.H2/c17-15-3-1-2-4-16(15)19-10-11-5-6-12-8-14(18)9-13(12)7-11;1-2;/h1-7,14H,8-10,18H2;1-2H3;1H/t14-;;/m0../s1. The lowest BCUT2D eigenvalue weighted by molar-refractivity contribution is 0.290. The lowest BCUT2D eigenvalue weighted by atomic mass is 10.1. The number of rotatable bonds is 3. The molecule has 0 saturated carbocycles. The van der Waals surface area contributed by atoms with Gasteiger partial charge in [-0.1, -0.05) is 44.2 Å². The number of fused-ring (bicyclic) bond motifs is 1. The number of ether oxygens (including phenoxy) is 1. The summed E-state index contributed by atoms with van der Waals surface area (Å²) >= 11 is 0. The molecule has 0 spiro atoms. The molecule has 2 aromatic rings. The molecule has 0 fully saturated rings. The summed E-state index contributed by atoms with van der Waals surface area (Å²) in [7, 11) is 0. The summed E-state index contributed by atoms with van der Waals surface area (Å²) in [6.45, 7) is 4.38. The predicted octanol–water partition coefficient (Wildman–Crippen LogP) is 4.10. The Kier molecular flexibility index (Phi) is 5.34. The summed E-state index contributed by atoms with van der Waals surface area (Å²) in [6.07, 6.45) is 1.87. The smallest absolute Gasteiger partial charge is 0.165 e. The third-order valence-electron chi connectivity index (χ3n) is 3.47. The van der Waals surface area contributed by atoms with E-state index in [-0.39, 0.29) is 13.3 Å². The number of halogens is 1. The molecule has 0 amide bonds. The zero-order valence-electron chi connectivity index (χ0n) is 12.6. The van der Waals surface area contributed by atoms with Crippen LogP contribution in [0.1, 0.15) is 32.0 Å². The first-order chi connectivity index (χ1) is 10.2. The Hall–Kier alpha value is -1.87. The normalized spacial score (nSPS) is 15.9. The van der Waals surface area contributed by atoms with Crippen LogP contribution in [-0.2, 0) is 19.4 Å². The van der Waals surface area contributed by atoms with Crippen molar-refractivity contribution in [3.05, 3.63) is 65.0 Å². The molecule has 2 N–H and O–H groups in total. The summed E-state index contributed by atoms with van der Waals surface area (Å²) in [4.78, 5) is 0. The van der Waals surface area contributed by atoms with E-state index in [1.54, 1.807) is 18.2 Å². The number of hydrogen-bond acceptors (Lipinski definition) is 2. The molecule has 0 aliphatic heterocycles. The second-order valence-corrected chi connectivity index (χ2v) is 4.99. The van der Waals surface area contributed by atoms with Gasteiger partial charge in [0.1, 0.15) is 6.61 Å². The molecule has 21 heavy (non-hydrogen) atoms. The van der Waals surface area contributed by atoms with Crippen molar-refractivity contribution < 1.29 is 10.6 Å². The van der Waals surface area contributed by atoms with Crippen LogP contribution in [-0.4, -0.2) is 6.04 Å². The summed E-state index contributed by atoms with van der Waals surface area (Å²) in [6, 6.07) is 12.9. The Bertz CT molecular complexity index is 603. The molecule has 1 aliphatic rings. The van der Waals surface area contributed by atoms with Gasteiger partial charge < -0.3 is 10.5 Å². The Balaban J connectivity index is 0.000000775. The van der Waals surface area contributed by atoms with E-state index in [4.69, 9.17) is 10.5 Å². The molecule has 2 aromatic carbocycles. The maximum atomic E-state index is 13.4. The fourth-order valence-electron chi connectivity index (χ4n) is 2.52. The van der Waals surface area contributed by atoms with E-state index in [1.807, 2.05) is 19.9 Å². The molecule has 114 valence electrons. The molecule has 0 heterocycles. The molecule has 0 bridgehead atoms. The van der Waals surface area contributed by atoms with E-state index < -0.39 is 0 Å². The van der Waals surface area contributed by atoms with Crippen LogP contribution in [0.5, 0.6) is 5.75 Å². The molecular formula is C18H24FNO. The van der Waals surface area contributed by atoms with E-state index in [2.05, 4.69) is 12.1 Å². The SMILES string of the molecule is CC.N[C@H]1Cc2ccc(COc3ccccc3F)cc2C1.[HH]. The van der Waals surface area contributed by atoms with Gasteiger partial charge >= 0.3 is 0 Å². The maximum Gasteiger partial charge on any atom is 0.165 e. The van der Waals surface area contributed by atoms with E-state index in [0.29, 0.717) is 12.4 Å². The van der Waals surface area contributed by atoms with Crippen molar-refractivity contribution in [1.82, 2.24) is 0 Å². The van der Waals surface area contributed by atoms with Crippen LogP contribution in [0.3, 0.4) is 0 Å². The summed E-state index contributed by atoms with van der Waals surface area (Å²) in [5.41, 5.74) is 9.61. The highest BCUT2D eigenvalue weighted by Gasteiger charge is 2.18. The third-order valence-corrected chi connectivity index (χ3v) is 3.47. The first kappa shape index (κ1) is 15.5. The van der Waals surface area contributed by atoms with Gasteiger partial charge in [0.05, 0.1) is 0 Å². The van der Waals surface area contributed by atoms with Gasteiger partial charge in [0, 0.05) is 7.47 Å². The Labute approximate surface area is 127 Å². The van der Waals surface area contributed by atoms with Crippen LogP contribution in [0, 0.1) is 5.82 Å².